The van der Waals surface area contributed by atoms with Crippen molar-refractivity contribution >= 4 is 57.5 Å². The van der Waals surface area contributed by atoms with E-state index in [1.54, 1.807) is 42.0 Å². The Kier molecular flexibility index (Phi) is 6.38. The molecule has 3 heterocycles. The lowest BCUT2D eigenvalue weighted by molar-refractivity contribution is -0.146. The molecule has 0 saturated carbocycles. The first kappa shape index (κ1) is 23.5. The summed E-state index contributed by atoms with van der Waals surface area (Å²) >= 11 is 0.760. The number of nitrogens with one attached hydrogen (secondary N) is 1. The number of carbonyl (C=O) groups excluding carboxylic acids is 4. The van der Waals surface area contributed by atoms with Crippen molar-refractivity contribution in [1.29, 1.82) is 0 Å². The van der Waals surface area contributed by atoms with Gasteiger partial charge in [0, 0.05) is 34.4 Å². The van der Waals surface area contributed by atoms with Crippen LogP contribution in [0.1, 0.15) is 12.5 Å². The highest BCUT2D eigenvalue weighted by molar-refractivity contribution is 8.18. The van der Waals surface area contributed by atoms with E-state index in [2.05, 4.69) is 5.32 Å². The first-order valence-electron chi connectivity index (χ1n) is 11.1. The molecule has 2 aromatic carbocycles. The molecule has 3 amide bonds. The third kappa shape index (κ3) is 4.65. The van der Waals surface area contributed by atoms with Crippen LogP contribution in [0.15, 0.2) is 53.6 Å². The maximum Gasteiger partial charge on any atom is 0.326 e. The number of anilines is 1. The summed E-state index contributed by atoms with van der Waals surface area (Å²) in [5.41, 5.74) is 2.04. The minimum atomic E-state index is -0.647. The van der Waals surface area contributed by atoms with E-state index < -0.39 is 23.7 Å². The number of thioether (sulfide) groups is 1. The Morgan fingerprint density at radius 1 is 1.11 bits per heavy atom. The van der Waals surface area contributed by atoms with Crippen LogP contribution in [0.4, 0.5) is 10.5 Å². The predicted octanol–water partition coefficient (Wildman–Crippen LogP) is 3.61. The highest BCUT2D eigenvalue weighted by atomic mass is 32.2. The molecule has 5 rings (SSSR count). The summed E-state index contributed by atoms with van der Waals surface area (Å²) in [5.74, 6) is -0.267. The van der Waals surface area contributed by atoms with Crippen molar-refractivity contribution in [3.8, 4) is 11.5 Å². The fourth-order valence-electron chi connectivity index (χ4n) is 3.96. The number of carbonyl (C=O) groups is 4. The molecular weight excluding hydrogens is 486 g/mol. The van der Waals surface area contributed by atoms with E-state index in [-0.39, 0.29) is 30.8 Å². The van der Waals surface area contributed by atoms with Gasteiger partial charge in [-0.1, -0.05) is 18.2 Å². The fourth-order valence-corrected chi connectivity index (χ4v) is 4.79. The fraction of sp³-hybridized carbons (Fsp3) is 0.200. The number of fused-ring (bicyclic) bond motifs is 2. The Labute approximate surface area is 209 Å². The van der Waals surface area contributed by atoms with Crippen molar-refractivity contribution in [2.24, 2.45) is 0 Å². The van der Waals surface area contributed by atoms with Crippen molar-refractivity contribution in [2.75, 3.05) is 25.3 Å². The average Bonchev–Trinajstić information content (AvgIpc) is 3.52. The Balaban J connectivity index is 1.36. The van der Waals surface area contributed by atoms with E-state index in [1.807, 2.05) is 24.3 Å². The van der Waals surface area contributed by atoms with E-state index in [1.165, 1.54) is 0 Å². The monoisotopic (exact) mass is 507 g/mol. The summed E-state index contributed by atoms with van der Waals surface area (Å²) in [5, 5.41) is 3.13. The maximum atomic E-state index is 12.8. The summed E-state index contributed by atoms with van der Waals surface area (Å²) < 4.78 is 17.3. The molecule has 0 spiro atoms. The lowest BCUT2D eigenvalue weighted by Gasteiger charge is -2.10. The third-order valence-corrected chi connectivity index (χ3v) is 6.45. The van der Waals surface area contributed by atoms with E-state index in [4.69, 9.17) is 14.2 Å². The van der Waals surface area contributed by atoms with Gasteiger partial charge >= 0.3 is 5.97 Å². The number of ether oxygens (including phenoxy) is 3. The number of hydrogen-bond acceptors (Lipinski definition) is 8. The van der Waals surface area contributed by atoms with Gasteiger partial charge in [0.15, 0.2) is 11.5 Å². The molecule has 2 aliphatic heterocycles. The van der Waals surface area contributed by atoms with Gasteiger partial charge in [0.05, 0.1) is 11.5 Å². The molecule has 1 fully saturated rings. The normalized spacial score (nSPS) is 15.7. The van der Waals surface area contributed by atoms with Crippen LogP contribution in [0.2, 0.25) is 0 Å². The molecule has 0 atom stereocenters. The molecule has 36 heavy (non-hydrogen) atoms. The zero-order valence-corrected chi connectivity index (χ0v) is 20.0. The van der Waals surface area contributed by atoms with Crippen LogP contribution in [-0.2, 0) is 25.7 Å². The third-order valence-electron chi connectivity index (χ3n) is 5.54. The van der Waals surface area contributed by atoms with Crippen molar-refractivity contribution in [1.82, 2.24) is 9.47 Å². The quantitative estimate of drug-likeness (QED) is 0.381. The standard InChI is InChI=1S/C25H21N3O7S/c1-2-33-23(30)13-28-24(31)21(36-25(28)32)9-15-11-27(18-6-4-3-5-17(15)18)12-22(29)26-16-7-8-19-20(10-16)35-14-34-19/h3-11H,2,12-14H2,1H3,(H,26,29)/b21-9-. The van der Waals surface area contributed by atoms with Gasteiger partial charge < -0.3 is 24.1 Å². The van der Waals surface area contributed by atoms with Gasteiger partial charge in [0.25, 0.3) is 11.1 Å². The van der Waals surface area contributed by atoms with E-state index in [9.17, 15) is 19.2 Å². The lowest BCUT2D eigenvalue weighted by Crippen LogP contribution is -2.34. The van der Waals surface area contributed by atoms with Crippen molar-refractivity contribution in [3.05, 3.63) is 59.1 Å². The van der Waals surface area contributed by atoms with Gasteiger partial charge in [-0.3, -0.25) is 24.1 Å². The van der Waals surface area contributed by atoms with Gasteiger partial charge in [0.2, 0.25) is 12.7 Å². The molecule has 11 heteroatoms. The SMILES string of the molecule is CCOC(=O)CN1C(=O)S/C(=C\c2cn(CC(=O)Nc3ccc4c(c3)OCO4)c3ccccc23)C1=O. The zero-order chi connectivity index (χ0) is 25.2. The Morgan fingerprint density at radius 2 is 1.92 bits per heavy atom. The number of rotatable bonds is 7. The lowest BCUT2D eigenvalue weighted by atomic mass is 10.1. The van der Waals surface area contributed by atoms with Crippen molar-refractivity contribution in [3.63, 3.8) is 0 Å². The van der Waals surface area contributed by atoms with Gasteiger partial charge in [-0.25, -0.2) is 0 Å². The van der Waals surface area contributed by atoms with Gasteiger partial charge in [-0.15, -0.1) is 0 Å². The number of hydrogen-bond donors (Lipinski definition) is 1. The smallest absolute Gasteiger partial charge is 0.326 e. The summed E-state index contributed by atoms with van der Waals surface area (Å²) in [6, 6.07) is 12.6. The Hall–Kier alpha value is -4.25. The molecule has 0 unspecified atom stereocenters. The maximum absolute atomic E-state index is 12.8. The van der Waals surface area contributed by atoms with Gasteiger partial charge in [-0.2, -0.15) is 0 Å². The Morgan fingerprint density at radius 3 is 2.75 bits per heavy atom. The molecule has 10 nitrogen and oxygen atoms in total. The summed E-state index contributed by atoms with van der Waals surface area (Å²) in [7, 11) is 0. The molecule has 1 aromatic heterocycles. The van der Waals surface area contributed by atoms with Crippen molar-refractivity contribution in [2.45, 2.75) is 13.5 Å². The van der Waals surface area contributed by atoms with Crippen LogP contribution >= 0.6 is 11.8 Å². The number of esters is 1. The highest BCUT2D eigenvalue weighted by Gasteiger charge is 2.36. The van der Waals surface area contributed by atoms with Crippen LogP contribution in [0.25, 0.3) is 17.0 Å². The molecule has 0 bridgehead atoms. The molecule has 0 aliphatic carbocycles. The minimum absolute atomic E-state index is 0.0210. The second kappa shape index (κ2) is 9.78. The zero-order valence-electron chi connectivity index (χ0n) is 19.2. The summed E-state index contributed by atoms with van der Waals surface area (Å²) in [4.78, 5) is 50.7. The van der Waals surface area contributed by atoms with Crippen LogP contribution < -0.4 is 14.8 Å². The molecule has 1 saturated heterocycles. The number of imide groups is 1. The average molecular weight is 508 g/mol. The second-order valence-corrected chi connectivity index (χ2v) is 8.91. The summed E-state index contributed by atoms with van der Waals surface area (Å²) in [6.45, 7) is 1.54. The van der Waals surface area contributed by atoms with Gasteiger partial charge in [-0.05, 0) is 43.0 Å². The minimum Gasteiger partial charge on any atom is -0.465 e. The first-order valence-corrected chi connectivity index (χ1v) is 11.9. The number of aromatic nitrogens is 1. The largest absolute Gasteiger partial charge is 0.465 e. The molecular formula is C25H21N3O7S. The topological polar surface area (TPSA) is 116 Å². The van der Waals surface area contributed by atoms with E-state index in [0.717, 1.165) is 27.6 Å². The molecule has 3 aromatic rings. The molecule has 1 N–H and O–H groups in total. The second-order valence-electron chi connectivity index (χ2n) is 7.92. The van der Waals surface area contributed by atoms with Crippen molar-refractivity contribution < 1.29 is 33.4 Å². The van der Waals surface area contributed by atoms with Crippen LogP contribution in [0.5, 0.6) is 11.5 Å². The molecule has 0 radical (unpaired) electrons. The first-order chi connectivity index (χ1) is 17.4. The van der Waals surface area contributed by atoms with Crippen LogP contribution in [0, 0.1) is 0 Å². The Bertz CT molecular complexity index is 1430. The predicted molar refractivity (Wildman–Crippen MR) is 132 cm³/mol. The van der Waals surface area contributed by atoms with Gasteiger partial charge in [0.1, 0.15) is 13.1 Å². The molecule has 184 valence electrons. The van der Waals surface area contributed by atoms with Crippen LogP contribution in [-0.4, -0.2) is 52.4 Å². The number of amides is 3. The van der Waals surface area contributed by atoms with Crippen LogP contribution in [0.3, 0.4) is 0 Å². The summed E-state index contributed by atoms with van der Waals surface area (Å²) in [6.07, 6.45) is 3.36. The molecule has 2 aliphatic rings. The van der Waals surface area contributed by atoms with E-state index >= 15 is 0 Å². The number of para-hydroxylation sites is 1. The number of nitrogens with zero attached hydrogens (tertiary/aromatic N) is 2. The van der Waals surface area contributed by atoms with E-state index in [0.29, 0.717) is 22.7 Å². The number of benzene rings is 2. The highest BCUT2D eigenvalue weighted by Crippen LogP contribution is 2.35.